The predicted octanol–water partition coefficient (Wildman–Crippen LogP) is 6.82. The number of urea groups is 2. The van der Waals surface area contributed by atoms with Crippen LogP contribution in [0.25, 0.3) is 0 Å². The van der Waals surface area contributed by atoms with E-state index in [1.165, 1.54) is 19.0 Å². The first-order valence-corrected chi connectivity index (χ1v) is 23.2. The van der Waals surface area contributed by atoms with Crippen LogP contribution in [0, 0.1) is 13.8 Å². The molecule has 2 aromatic carbocycles. The summed E-state index contributed by atoms with van der Waals surface area (Å²) in [7, 11) is -7.08. The standard InChI is InChI=1S/C19H24N4O5S2.C17H22N4O3S2/c1-13-5-6-14(15(11-13)23-8-3-2-4-9-23)21-18(26)22-19-20-12-17(29-19)30(27,28)10-7-16(24)25;1-12-6-7-13(14(10-12)21-8-4-3-5-9-21)19-16(22)20-17-18-11-15(25-17)26(2,23)24/h5-6,11-12H,2-4,7-10H2,1H3,(H,24,25)(H2,20,21,22,26);6-7,10-11H,3-5,8-9H2,1-2H3,(H2,18,19,20,22). The zero-order valence-corrected chi connectivity index (χ0v) is 34.6. The van der Waals surface area contributed by atoms with E-state index in [1.54, 1.807) is 0 Å². The van der Waals surface area contributed by atoms with Crippen molar-refractivity contribution in [1.29, 1.82) is 0 Å². The molecule has 2 aliphatic rings. The summed E-state index contributed by atoms with van der Waals surface area (Å²) in [6.45, 7) is 7.85. The number of nitrogens with zero attached hydrogens (tertiary/aromatic N) is 4. The first kappa shape index (κ1) is 42.4. The van der Waals surface area contributed by atoms with Crippen LogP contribution in [0.2, 0.25) is 0 Å². The van der Waals surface area contributed by atoms with E-state index in [0.717, 1.165) is 115 Å². The third-order valence-corrected chi connectivity index (χ3v) is 14.7. The molecule has 2 saturated heterocycles. The molecule has 6 rings (SSSR count). The highest BCUT2D eigenvalue weighted by Crippen LogP contribution is 2.32. The number of piperidine rings is 2. The monoisotopic (exact) mass is 846 g/mol. The number of carbonyl (C=O) groups is 3. The molecule has 0 unspecified atom stereocenters. The van der Waals surface area contributed by atoms with Gasteiger partial charge < -0.3 is 25.5 Å². The lowest BCUT2D eigenvalue weighted by molar-refractivity contribution is -0.136. The molecule has 4 heterocycles. The number of aliphatic carboxylic acids is 1. The Bertz CT molecular complexity index is 2250. The number of carboxylic acid groups (broad SMARTS) is 1. The molecule has 302 valence electrons. The van der Waals surface area contributed by atoms with Crippen molar-refractivity contribution in [1.82, 2.24) is 9.97 Å². The van der Waals surface area contributed by atoms with Crippen molar-refractivity contribution in [3.8, 4) is 0 Å². The van der Waals surface area contributed by atoms with Gasteiger partial charge in [0.1, 0.15) is 8.42 Å². The van der Waals surface area contributed by atoms with Crippen LogP contribution in [0.1, 0.15) is 56.1 Å². The molecular weight excluding hydrogens is 801 g/mol. The number of benzene rings is 2. The zero-order chi connectivity index (χ0) is 40.5. The maximum atomic E-state index is 12.5. The van der Waals surface area contributed by atoms with Crippen molar-refractivity contribution in [2.45, 2.75) is 67.2 Å². The van der Waals surface area contributed by atoms with E-state index in [4.69, 9.17) is 5.11 Å². The van der Waals surface area contributed by atoms with E-state index >= 15 is 0 Å². The van der Waals surface area contributed by atoms with Crippen LogP contribution in [0.15, 0.2) is 57.2 Å². The highest BCUT2D eigenvalue weighted by Gasteiger charge is 2.22. The molecule has 0 atom stereocenters. The highest BCUT2D eigenvalue weighted by atomic mass is 32.2. The zero-order valence-electron chi connectivity index (χ0n) is 31.3. The molecule has 56 heavy (non-hydrogen) atoms. The summed E-state index contributed by atoms with van der Waals surface area (Å²) in [6.07, 6.45) is 9.95. The number of sulfone groups is 2. The summed E-state index contributed by atoms with van der Waals surface area (Å²) in [5.41, 5.74) is 5.60. The topological polar surface area (TPSA) is 220 Å². The molecule has 0 bridgehead atoms. The number of amides is 4. The number of carbonyl (C=O) groups excluding carboxylic acids is 2. The summed E-state index contributed by atoms with van der Waals surface area (Å²) in [5, 5.41) is 19.9. The number of carboxylic acids is 1. The van der Waals surface area contributed by atoms with Crippen molar-refractivity contribution in [3.05, 3.63) is 59.9 Å². The number of anilines is 6. The first-order valence-electron chi connectivity index (χ1n) is 18.0. The van der Waals surface area contributed by atoms with Crippen LogP contribution in [-0.2, 0) is 24.5 Å². The maximum absolute atomic E-state index is 12.5. The van der Waals surface area contributed by atoms with Gasteiger partial charge in [-0.25, -0.2) is 36.4 Å². The third kappa shape index (κ3) is 12.1. The lowest BCUT2D eigenvalue weighted by atomic mass is 10.1. The maximum Gasteiger partial charge on any atom is 0.325 e. The first-order chi connectivity index (χ1) is 26.6. The molecule has 4 amide bonds. The van der Waals surface area contributed by atoms with Crippen LogP contribution in [-0.4, -0.2) is 88.1 Å². The lowest BCUT2D eigenvalue weighted by Gasteiger charge is -2.30. The SMILES string of the molecule is Cc1ccc(NC(=O)Nc2ncc(S(=O)(=O)CCC(=O)O)s2)c(N2CCCCC2)c1.Cc1ccc(NC(=O)Nc2ncc(S(C)(=O)=O)s2)c(N2CCCCC2)c1. The number of hydrogen-bond donors (Lipinski definition) is 5. The van der Waals surface area contributed by atoms with Crippen LogP contribution < -0.4 is 31.1 Å². The largest absolute Gasteiger partial charge is 0.481 e. The Hall–Kier alpha value is -4.79. The quantitative estimate of drug-likeness (QED) is 0.105. The van der Waals surface area contributed by atoms with Crippen LogP contribution in [0.4, 0.5) is 42.6 Å². The number of nitrogens with one attached hydrogen (secondary N) is 4. The van der Waals surface area contributed by atoms with Gasteiger partial charge in [0.15, 0.2) is 29.9 Å². The molecule has 0 radical (unpaired) electrons. The Morgan fingerprint density at radius 2 is 1.11 bits per heavy atom. The summed E-state index contributed by atoms with van der Waals surface area (Å²) in [5.74, 6) is -1.71. The van der Waals surface area contributed by atoms with E-state index in [1.807, 2.05) is 44.2 Å². The molecule has 4 aromatic rings. The molecule has 2 aromatic heterocycles. The van der Waals surface area contributed by atoms with Gasteiger partial charge in [0.25, 0.3) is 0 Å². The molecule has 5 N–H and O–H groups in total. The number of rotatable bonds is 11. The Kier molecular flexibility index (Phi) is 14.3. The van der Waals surface area contributed by atoms with Gasteiger partial charge in [-0.1, -0.05) is 34.8 Å². The minimum Gasteiger partial charge on any atom is -0.481 e. The predicted molar refractivity (Wildman–Crippen MR) is 221 cm³/mol. The number of hydrogen-bond acceptors (Lipinski definition) is 13. The molecule has 0 spiro atoms. The van der Waals surface area contributed by atoms with Crippen LogP contribution in [0.5, 0.6) is 0 Å². The van der Waals surface area contributed by atoms with E-state index in [9.17, 15) is 31.2 Å². The Morgan fingerprint density at radius 3 is 1.52 bits per heavy atom. The average molecular weight is 847 g/mol. The van der Waals surface area contributed by atoms with Gasteiger partial charge in [-0.2, -0.15) is 0 Å². The molecule has 0 aliphatic carbocycles. The summed E-state index contributed by atoms with van der Waals surface area (Å²) in [4.78, 5) is 47.8. The fourth-order valence-corrected chi connectivity index (χ4v) is 10.1. The van der Waals surface area contributed by atoms with E-state index in [0.29, 0.717) is 5.69 Å². The van der Waals surface area contributed by atoms with Crippen molar-refractivity contribution in [2.75, 3.05) is 69.3 Å². The van der Waals surface area contributed by atoms with E-state index in [-0.39, 0.29) is 18.7 Å². The Labute approximate surface area is 334 Å². The number of thiazole rings is 2. The third-order valence-electron chi connectivity index (χ3n) is 8.86. The van der Waals surface area contributed by atoms with E-state index in [2.05, 4.69) is 47.1 Å². The smallest absolute Gasteiger partial charge is 0.325 e. The normalized spacial score (nSPS) is 14.6. The Morgan fingerprint density at radius 1 is 0.679 bits per heavy atom. The van der Waals surface area contributed by atoms with Crippen LogP contribution >= 0.6 is 22.7 Å². The van der Waals surface area contributed by atoms with Gasteiger partial charge in [-0.3, -0.25) is 15.4 Å². The fraction of sp³-hybridized carbons (Fsp3) is 0.417. The van der Waals surface area contributed by atoms with Crippen molar-refractivity contribution in [3.63, 3.8) is 0 Å². The highest BCUT2D eigenvalue weighted by molar-refractivity contribution is 7.93. The second kappa shape index (κ2) is 18.9. The average Bonchev–Trinajstić information content (AvgIpc) is 3.84. The summed E-state index contributed by atoms with van der Waals surface area (Å²) in [6, 6.07) is 10.8. The lowest BCUT2D eigenvalue weighted by Crippen LogP contribution is -2.31. The van der Waals surface area contributed by atoms with Crippen molar-refractivity contribution in [2.24, 2.45) is 0 Å². The Balaban J connectivity index is 0.000000216. The van der Waals surface area contributed by atoms with Gasteiger partial charge in [-0.05, 0) is 87.8 Å². The molecular formula is C36H46N8O8S4. The van der Waals surface area contributed by atoms with Gasteiger partial charge in [0.05, 0.1) is 47.3 Å². The van der Waals surface area contributed by atoms with Gasteiger partial charge in [-0.15, -0.1) is 0 Å². The molecule has 0 saturated carbocycles. The van der Waals surface area contributed by atoms with Gasteiger partial charge >= 0.3 is 18.0 Å². The fourth-order valence-electron chi connectivity index (χ4n) is 6.06. The van der Waals surface area contributed by atoms with Crippen molar-refractivity contribution < 1.29 is 36.3 Å². The molecule has 20 heteroatoms. The van der Waals surface area contributed by atoms with E-state index < -0.39 is 49.9 Å². The second-order valence-electron chi connectivity index (χ2n) is 13.5. The minimum absolute atomic E-state index is 0.0802. The number of aromatic nitrogens is 2. The molecule has 2 fully saturated rings. The van der Waals surface area contributed by atoms with Gasteiger partial charge in [0.2, 0.25) is 0 Å². The molecule has 2 aliphatic heterocycles. The van der Waals surface area contributed by atoms with Crippen LogP contribution in [0.3, 0.4) is 0 Å². The summed E-state index contributed by atoms with van der Waals surface area (Å²) >= 11 is 1.72. The van der Waals surface area contributed by atoms with Crippen molar-refractivity contribution >= 4 is 93.4 Å². The second-order valence-corrected chi connectivity index (χ2v) is 20.1. The summed E-state index contributed by atoms with van der Waals surface area (Å²) < 4.78 is 47.4. The van der Waals surface area contributed by atoms with Gasteiger partial charge in [0, 0.05) is 32.4 Å². The molecule has 16 nitrogen and oxygen atoms in total. The minimum atomic E-state index is -3.76. The number of aryl methyl sites for hydroxylation is 2.